The average Bonchev–Trinajstić information content (AvgIpc) is 3.11. The molecule has 1 fully saturated rings. The molecule has 2 aliphatic rings. The summed E-state index contributed by atoms with van der Waals surface area (Å²) in [7, 11) is 0. The van der Waals surface area contributed by atoms with Crippen LogP contribution < -0.4 is 14.8 Å². The molecule has 0 spiro atoms. The van der Waals surface area contributed by atoms with Gasteiger partial charge in [-0.05, 0) is 63.1 Å². The van der Waals surface area contributed by atoms with Gasteiger partial charge in [0, 0.05) is 23.7 Å². The zero-order chi connectivity index (χ0) is 21.1. The number of amides is 1. The first kappa shape index (κ1) is 20.4. The molecule has 2 atom stereocenters. The number of nitrogens with one attached hydrogen (secondary N) is 1. The summed E-state index contributed by atoms with van der Waals surface area (Å²) in [5.74, 6) is 1.48. The van der Waals surface area contributed by atoms with Gasteiger partial charge in [0.2, 0.25) is 5.91 Å². The molecule has 6 heteroatoms. The Hall–Kier alpha value is -2.86. The van der Waals surface area contributed by atoms with Crippen molar-refractivity contribution in [2.75, 3.05) is 25.1 Å². The van der Waals surface area contributed by atoms with Gasteiger partial charge in [0.1, 0.15) is 0 Å². The van der Waals surface area contributed by atoms with Crippen LogP contribution in [-0.2, 0) is 4.79 Å². The summed E-state index contributed by atoms with van der Waals surface area (Å²) in [5, 5.41) is 2.97. The maximum absolute atomic E-state index is 13.0. The molecule has 0 aliphatic carbocycles. The van der Waals surface area contributed by atoms with Crippen molar-refractivity contribution in [3.05, 3.63) is 53.6 Å². The maximum Gasteiger partial charge on any atom is 0.241 e. The van der Waals surface area contributed by atoms with Crippen LogP contribution in [-0.4, -0.2) is 42.4 Å². The number of rotatable bonds is 5. The summed E-state index contributed by atoms with van der Waals surface area (Å²) in [6.45, 7) is 5.65. The fourth-order valence-electron chi connectivity index (χ4n) is 4.21. The summed E-state index contributed by atoms with van der Waals surface area (Å²) in [6, 6.07) is 13.0. The minimum atomic E-state index is -0.297. The molecular weight excluding hydrogens is 380 g/mol. The molecule has 1 N–H and O–H groups in total. The number of hydrogen-bond donors (Lipinski definition) is 1. The third-order valence-electron chi connectivity index (χ3n) is 5.86. The van der Waals surface area contributed by atoms with E-state index in [-0.39, 0.29) is 23.8 Å². The second kappa shape index (κ2) is 8.88. The van der Waals surface area contributed by atoms with E-state index in [1.54, 1.807) is 18.2 Å². The third-order valence-corrected chi connectivity index (χ3v) is 5.86. The Kier molecular flexibility index (Phi) is 6.04. The Bertz CT molecular complexity index is 943. The van der Waals surface area contributed by atoms with E-state index in [2.05, 4.69) is 22.3 Å². The lowest BCUT2D eigenvalue weighted by Gasteiger charge is -2.30. The van der Waals surface area contributed by atoms with Crippen molar-refractivity contribution in [1.29, 1.82) is 0 Å². The number of nitrogens with zero attached hydrogens (tertiary/aromatic N) is 1. The zero-order valence-corrected chi connectivity index (χ0v) is 17.5. The van der Waals surface area contributed by atoms with E-state index in [0.29, 0.717) is 24.5 Å². The van der Waals surface area contributed by atoms with Gasteiger partial charge in [-0.15, -0.1) is 0 Å². The number of ketones is 1. The lowest BCUT2D eigenvalue weighted by atomic mass is 10.0. The molecule has 4 rings (SSSR count). The van der Waals surface area contributed by atoms with Crippen molar-refractivity contribution in [2.45, 2.75) is 45.2 Å². The van der Waals surface area contributed by atoms with Crippen molar-refractivity contribution in [2.24, 2.45) is 0 Å². The predicted molar refractivity (Wildman–Crippen MR) is 115 cm³/mol. The van der Waals surface area contributed by atoms with Gasteiger partial charge in [-0.1, -0.05) is 18.2 Å². The fraction of sp³-hybridized carbons (Fsp3) is 0.417. The first-order valence-electron chi connectivity index (χ1n) is 10.6. The number of likely N-dealkylation sites (tertiary alicyclic amines) is 1. The molecule has 2 heterocycles. The van der Waals surface area contributed by atoms with Crippen LogP contribution in [0.25, 0.3) is 0 Å². The van der Waals surface area contributed by atoms with Crippen LogP contribution in [0.15, 0.2) is 42.5 Å². The minimum absolute atomic E-state index is 0.0202. The highest BCUT2D eigenvalue weighted by Gasteiger charge is 2.33. The zero-order valence-electron chi connectivity index (χ0n) is 17.5. The molecule has 1 saturated heterocycles. The van der Waals surface area contributed by atoms with E-state index in [1.165, 1.54) is 6.92 Å². The number of carbonyl (C=O) groups is 2. The molecule has 2 aromatic rings. The van der Waals surface area contributed by atoms with Crippen LogP contribution in [0.4, 0.5) is 5.69 Å². The monoisotopic (exact) mass is 408 g/mol. The Labute approximate surface area is 177 Å². The van der Waals surface area contributed by atoms with Crippen LogP contribution in [0.2, 0.25) is 0 Å². The molecule has 6 nitrogen and oxygen atoms in total. The molecule has 0 unspecified atom stereocenters. The normalized spacial score (nSPS) is 19.7. The van der Waals surface area contributed by atoms with E-state index in [4.69, 9.17) is 9.47 Å². The number of carbonyl (C=O) groups excluding carboxylic acids is 2. The van der Waals surface area contributed by atoms with Crippen molar-refractivity contribution in [3.8, 4) is 11.5 Å². The molecule has 0 aromatic heterocycles. The van der Waals surface area contributed by atoms with Crippen LogP contribution in [0.5, 0.6) is 11.5 Å². The van der Waals surface area contributed by atoms with E-state index in [0.717, 1.165) is 42.9 Å². The van der Waals surface area contributed by atoms with Gasteiger partial charge in [-0.25, -0.2) is 0 Å². The summed E-state index contributed by atoms with van der Waals surface area (Å²) < 4.78 is 11.6. The van der Waals surface area contributed by atoms with Gasteiger partial charge in [0.25, 0.3) is 0 Å². The third kappa shape index (κ3) is 4.33. The molecule has 2 aromatic carbocycles. The Morgan fingerprint density at radius 2 is 1.87 bits per heavy atom. The highest BCUT2D eigenvalue weighted by atomic mass is 16.5. The highest BCUT2D eigenvalue weighted by molar-refractivity contribution is 5.98. The SMILES string of the molecule is CC(=O)c1cccc(NC(=O)[C@@H](C)N2CCC[C@@H]2c2ccc3c(c2)OCCCO3)c1. The van der Waals surface area contributed by atoms with Crippen LogP contribution in [0.1, 0.15) is 55.1 Å². The van der Waals surface area contributed by atoms with Crippen molar-refractivity contribution < 1.29 is 19.1 Å². The summed E-state index contributed by atoms with van der Waals surface area (Å²) in [5.41, 5.74) is 2.38. The van der Waals surface area contributed by atoms with Gasteiger partial charge >= 0.3 is 0 Å². The van der Waals surface area contributed by atoms with Gasteiger partial charge in [-0.3, -0.25) is 14.5 Å². The van der Waals surface area contributed by atoms with E-state index in [1.807, 2.05) is 19.1 Å². The van der Waals surface area contributed by atoms with Gasteiger partial charge in [0.05, 0.1) is 19.3 Å². The van der Waals surface area contributed by atoms with Crippen LogP contribution in [0, 0.1) is 0 Å². The smallest absolute Gasteiger partial charge is 0.241 e. The first-order valence-corrected chi connectivity index (χ1v) is 10.6. The number of anilines is 1. The number of Topliss-reactive ketones (excluding diaryl/α,β-unsaturated/α-hetero) is 1. The van der Waals surface area contributed by atoms with Crippen molar-refractivity contribution >= 4 is 17.4 Å². The first-order chi connectivity index (χ1) is 14.5. The average molecular weight is 408 g/mol. The lowest BCUT2D eigenvalue weighted by Crippen LogP contribution is -2.41. The molecule has 30 heavy (non-hydrogen) atoms. The second-order valence-electron chi connectivity index (χ2n) is 7.95. The number of fused-ring (bicyclic) bond motifs is 1. The Morgan fingerprint density at radius 1 is 1.07 bits per heavy atom. The highest BCUT2D eigenvalue weighted by Crippen LogP contribution is 2.38. The second-order valence-corrected chi connectivity index (χ2v) is 7.95. The molecule has 158 valence electrons. The minimum Gasteiger partial charge on any atom is -0.490 e. The lowest BCUT2D eigenvalue weighted by molar-refractivity contribution is -0.121. The number of benzene rings is 2. The summed E-state index contributed by atoms with van der Waals surface area (Å²) in [4.78, 5) is 26.8. The molecule has 0 saturated carbocycles. The molecule has 1 amide bonds. The van der Waals surface area contributed by atoms with Gasteiger partial charge in [-0.2, -0.15) is 0 Å². The van der Waals surface area contributed by atoms with Crippen LogP contribution in [0.3, 0.4) is 0 Å². The molecule has 2 aliphatic heterocycles. The number of hydrogen-bond acceptors (Lipinski definition) is 5. The van der Waals surface area contributed by atoms with Crippen molar-refractivity contribution in [1.82, 2.24) is 4.90 Å². The Balaban J connectivity index is 1.49. The standard InChI is InChI=1S/C24H28N2O4/c1-16(24(28)25-20-7-3-6-18(14-20)17(2)27)26-11-4-8-21(26)19-9-10-22-23(15-19)30-13-5-12-29-22/h3,6-7,9-10,14-16,21H,4-5,8,11-13H2,1-2H3,(H,25,28)/t16-,21-/m1/s1. The van der Waals surface area contributed by atoms with E-state index in [9.17, 15) is 9.59 Å². The van der Waals surface area contributed by atoms with Crippen molar-refractivity contribution in [3.63, 3.8) is 0 Å². The Morgan fingerprint density at radius 3 is 2.67 bits per heavy atom. The molecule has 0 radical (unpaired) electrons. The quantitative estimate of drug-likeness (QED) is 0.751. The van der Waals surface area contributed by atoms with Gasteiger partial charge < -0.3 is 14.8 Å². The predicted octanol–water partition coefficient (Wildman–Crippen LogP) is 4.21. The summed E-state index contributed by atoms with van der Waals surface area (Å²) in [6.07, 6.45) is 2.91. The van der Waals surface area contributed by atoms with Crippen LogP contribution >= 0.6 is 0 Å². The largest absolute Gasteiger partial charge is 0.490 e. The topological polar surface area (TPSA) is 67.9 Å². The summed E-state index contributed by atoms with van der Waals surface area (Å²) >= 11 is 0. The number of ether oxygens (including phenoxy) is 2. The molecular formula is C24H28N2O4. The van der Waals surface area contributed by atoms with E-state index < -0.39 is 0 Å². The maximum atomic E-state index is 13.0. The molecule has 0 bridgehead atoms. The van der Waals surface area contributed by atoms with Gasteiger partial charge in [0.15, 0.2) is 17.3 Å². The fourth-order valence-corrected chi connectivity index (χ4v) is 4.21. The van der Waals surface area contributed by atoms with E-state index >= 15 is 0 Å².